The van der Waals surface area contributed by atoms with Crippen LogP contribution in [0.25, 0.3) is 0 Å². The van der Waals surface area contributed by atoms with E-state index >= 15 is 0 Å². The number of carbonyl (C=O) groups is 3. The lowest BCUT2D eigenvalue weighted by Gasteiger charge is -2.39. The average molecular weight is 703 g/mol. The number of alkyl halides is 1. The lowest BCUT2D eigenvalue weighted by atomic mass is 9.84. The number of allylic oxidation sites excluding steroid dienone is 1. The van der Waals surface area contributed by atoms with E-state index in [1.807, 2.05) is 67.8 Å². The van der Waals surface area contributed by atoms with Gasteiger partial charge in [-0.1, -0.05) is 22.6 Å². The fourth-order valence-corrected chi connectivity index (χ4v) is 7.01. The zero-order valence-electron chi connectivity index (χ0n) is 14.3. The molecule has 0 aromatic carbocycles. The van der Waals surface area contributed by atoms with E-state index in [2.05, 4.69) is 10.6 Å². The fraction of sp³-hybridized carbons (Fsp3) is 0.533. The van der Waals surface area contributed by atoms with E-state index in [-0.39, 0.29) is 18.7 Å². The van der Waals surface area contributed by atoms with Crippen LogP contribution >= 0.6 is 67.8 Å². The van der Waals surface area contributed by atoms with E-state index in [1.54, 1.807) is 0 Å². The molecule has 146 valence electrons. The van der Waals surface area contributed by atoms with Gasteiger partial charge in [0.15, 0.2) is 0 Å². The predicted molar refractivity (Wildman–Crippen MR) is 122 cm³/mol. The quantitative estimate of drug-likeness (QED) is 0.160. The van der Waals surface area contributed by atoms with Crippen molar-refractivity contribution in [3.05, 3.63) is 18.4 Å². The molecule has 0 spiro atoms. The van der Waals surface area contributed by atoms with E-state index < -0.39 is 27.1 Å². The number of hydrogen-bond acceptors (Lipinski definition) is 5. The molecule has 0 saturated heterocycles. The van der Waals surface area contributed by atoms with Gasteiger partial charge in [-0.3, -0.25) is 14.4 Å². The number of primary amides is 1. The molecule has 0 aromatic rings. The van der Waals surface area contributed by atoms with E-state index in [0.717, 1.165) is 0 Å². The summed E-state index contributed by atoms with van der Waals surface area (Å²) < 4.78 is 0.345. The van der Waals surface area contributed by atoms with Crippen molar-refractivity contribution in [2.75, 3.05) is 0 Å². The molecule has 2 atom stereocenters. The summed E-state index contributed by atoms with van der Waals surface area (Å²) in [6, 6.07) is 0. The van der Waals surface area contributed by atoms with Crippen molar-refractivity contribution in [1.82, 2.24) is 10.6 Å². The molecule has 0 aliphatic heterocycles. The Labute approximate surface area is 192 Å². The maximum atomic E-state index is 12.3. The number of carbonyl (C=O) groups excluding carboxylic acids is 3. The monoisotopic (exact) mass is 703 g/mol. The Morgan fingerprint density at radius 1 is 1.31 bits per heavy atom. The van der Waals surface area contributed by atoms with Gasteiger partial charge in [0.2, 0.25) is 17.7 Å². The fourth-order valence-electron chi connectivity index (χ4n) is 2.43. The van der Waals surface area contributed by atoms with Crippen LogP contribution in [0, 0.1) is 0 Å². The summed E-state index contributed by atoms with van der Waals surface area (Å²) in [5.41, 5.74) is 3.13. The average Bonchev–Trinajstić information content (AvgIpc) is 2.44. The van der Waals surface area contributed by atoms with Gasteiger partial charge in [-0.05, 0) is 64.6 Å². The van der Waals surface area contributed by atoms with Crippen LogP contribution in [0.3, 0.4) is 0 Å². The topological polar surface area (TPSA) is 142 Å². The number of nitrogens with one attached hydrogen (secondary N) is 2. The lowest BCUT2D eigenvalue weighted by molar-refractivity contribution is -0.126. The SMILES string of the molecule is CC(=O)NC1=C(I)C(O)(CC(N)=O)C(I)C(CC(=O)NC(C)(C)O)=C1I. The Kier molecular flexibility index (Phi) is 8.32. The van der Waals surface area contributed by atoms with Crippen molar-refractivity contribution >= 4 is 85.5 Å². The Morgan fingerprint density at radius 2 is 1.85 bits per heavy atom. The second-order valence-corrected chi connectivity index (χ2v) is 9.83. The van der Waals surface area contributed by atoms with Gasteiger partial charge in [0.1, 0.15) is 11.3 Å². The first-order valence-corrected chi connectivity index (χ1v) is 10.8. The summed E-state index contributed by atoms with van der Waals surface area (Å²) in [4.78, 5) is 35.3. The Hall–Kier alpha value is -0.000000000000000222. The molecule has 1 rings (SSSR count). The first-order chi connectivity index (χ1) is 11.7. The Bertz CT molecular complexity index is 699. The minimum atomic E-state index is -1.65. The second kappa shape index (κ2) is 9.00. The van der Waals surface area contributed by atoms with Gasteiger partial charge in [0, 0.05) is 14.1 Å². The number of aliphatic hydroxyl groups is 2. The highest BCUT2D eigenvalue weighted by Gasteiger charge is 2.47. The molecular weight excluding hydrogens is 683 g/mol. The smallest absolute Gasteiger partial charge is 0.226 e. The van der Waals surface area contributed by atoms with Gasteiger partial charge >= 0.3 is 0 Å². The summed E-state index contributed by atoms with van der Waals surface area (Å²) in [6.07, 6.45) is -0.480. The number of rotatable bonds is 6. The van der Waals surface area contributed by atoms with Crippen molar-refractivity contribution in [3.63, 3.8) is 0 Å². The van der Waals surface area contributed by atoms with Gasteiger partial charge in [-0.2, -0.15) is 0 Å². The highest BCUT2D eigenvalue weighted by atomic mass is 127. The van der Waals surface area contributed by atoms with Gasteiger partial charge in [-0.15, -0.1) is 0 Å². The van der Waals surface area contributed by atoms with E-state index in [9.17, 15) is 24.6 Å². The lowest BCUT2D eigenvalue weighted by Crippen LogP contribution is -2.49. The molecule has 0 bridgehead atoms. The minimum absolute atomic E-state index is 0.121. The van der Waals surface area contributed by atoms with Crippen LogP contribution in [-0.2, 0) is 14.4 Å². The predicted octanol–water partition coefficient (Wildman–Crippen LogP) is 1.12. The van der Waals surface area contributed by atoms with Crippen LogP contribution in [0.15, 0.2) is 18.4 Å². The molecule has 1 aliphatic rings. The van der Waals surface area contributed by atoms with Crippen LogP contribution in [0.4, 0.5) is 0 Å². The molecule has 0 fully saturated rings. The molecule has 0 aromatic heterocycles. The summed E-state index contributed by atoms with van der Waals surface area (Å²) in [6.45, 7) is 4.19. The van der Waals surface area contributed by atoms with Crippen LogP contribution < -0.4 is 16.4 Å². The number of amides is 3. The molecule has 8 nitrogen and oxygen atoms in total. The van der Waals surface area contributed by atoms with Crippen molar-refractivity contribution in [3.8, 4) is 0 Å². The zero-order chi connectivity index (χ0) is 20.4. The maximum Gasteiger partial charge on any atom is 0.226 e. The van der Waals surface area contributed by atoms with E-state index in [0.29, 0.717) is 18.4 Å². The molecule has 0 radical (unpaired) electrons. The molecule has 1 aliphatic carbocycles. The third kappa shape index (κ3) is 6.00. The normalized spacial score (nSPS) is 23.8. The number of hydrogen-bond donors (Lipinski definition) is 5. The minimum Gasteiger partial charge on any atom is -0.383 e. The van der Waals surface area contributed by atoms with Gasteiger partial charge in [-0.25, -0.2) is 0 Å². The van der Waals surface area contributed by atoms with Gasteiger partial charge in [0.25, 0.3) is 0 Å². The van der Waals surface area contributed by atoms with E-state index in [1.165, 1.54) is 20.8 Å². The molecular formula is C15H20I3N3O5. The standard InChI is InChI=1S/C15H20I3N3O5/c1-6(22)20-11-10(16)7(4-9(24)21-14(2,3)25)12(17)15(26,13(11)18)5-8(19)23/h12,25-26H,4-5H2,1-3H3,(H2,19,23)(H,20,22)(H,21,24). The second-order valence-electron chi connectivity index (χ2n) is 6.42. The molecule has 6 N–H and O–H groups in total. The van der Waals surface area contributed by atoms with Crippen LogP contribution in [0.2, 0.25) is 0 Å². The third-order valence-electron chi connectivity index (χ3n) is 3.37. The van der Waals surface area contributed by atoms with Crippen LogP contribution in [0.5, 0.6) is 0 Å². The summed E-state index contributed by atoms with van der Waals surface area (Å²) in [7, 11) is 0. The molecule has 11 heteroatoms. The Morgan fingerprint density at radius 3 is 2.27 bits per heavy atom. The molecule has 0 saturated carbocycles. The molecule has 26 heavy (non-hydrogen) atoms. The van der Waals surface area contributed by atoms with Crippen LogP contribution in [-0.4, -0.2) is 43.2 Å². The van der Waals surface area contributed by atoms with Gasteiger partial charge < -0.3 is 26.6 Å². The van der Waals surface area contributed by atoms with Crippen molar-refractivity contribution < 1.29 is 24.6 Å². The van der Waals surface area contributed by atoms with Crippen molar-refractivity contribution in [2.45, 2.75) is 48.9 Å². The number of halogens is 3. The highest BCUT2D eigenvalue weighted by Crippen LogP contribution is 2.48. The first kappa shape index (κ1) is 24.0. The summed E-state index contributed by atoms with van der Waals surface area (Å²) >= 11 is 5.84. The zero-order valence-corrected chi connectivity index (χ0v) is 20.8. The van der Waals surface area contributed by atoms with Gasteiger partial charge in [0.05, 0.1) is 22.5 Å². The largest absolute Gasteiger partial charge is 0.383 e. The van der Waals surface area contributed by atoms with Crippen molar-refractivity contribution in [1.29, 1.82) is 0 Å². The van der Waals surface area contributed by atoms with Crippen molar-refractivity contribution in [2.24, 2.45) is 5.73 Å². The highest BCUT2D eigenvalue weighted by molar-refractivity contribution is 14.1. The maximum absolute atomic E-state index is 12.3. The number of nitrogens with two attached hydrogens (primary N) is 1. The van der Waals surface area contributed by atoms with E-state index in [4.69, 9.17) is 5.73 Å². The summed E-state index contributed by atoms with van der Waals surface area (Å²) in [5.74, 6) is -1.51. The Balaban J connectivity index is 3.41. The summed E-state index contributed by atoms with van der Waals surface area (Å²) in [5, 5.41) is 26.0. The first-order valence-electron chi connectivity index (χ1n) is 7.44. The third-order valence-corrected chi connectivity index (χ3v) is 7.86. The molecule has 0 heterocycles. The van der Waals surface area contributed by atoms with Crippen LogP contribution in [0.1, 0.15) is 33.6 Å². The molecule has 3 amide bonds. The molecule has 2 unspecified atom stereocenters.